The fraction of sp³-hybridized carbons (Fsp3) is 0.538. The molecule has 106 valence electrons. The van der Waals surface area contributed by atoms with Crippen LogP contribution in [0.15, 0.2) is 29.2 Å². The minimum absolute atomic E-state index is 0.00418. The molecular formula is C13H17ClFNO2S. The Labute approximate surface area is 118 Å². The number of benzene rings is 1. The van der Waals surface area contributed by atoms with E-state index >= 15 is 0 Å². The molecule has 0 unspecified atom stereocenters. The topological polar surface area (TPSA) is 37.4 Å². The zero-order valence-corrected chi connectivity index (χ0v) is 12.1. The van der Waals surface area contributed by atoms with Crippen LogP contribution < -0.4 is 0 Å². The number of hydrogen-bond acceptors (Lipinski definition) is 2. The Bertz CT molecular complexity index is 529. The minimum atomic E-state index is -3.66. The van der Waals surface area contributed by atoms with E-state index in [1.807, 2.05) is 0 Å². The maximum Gasteiger partial charge on any atom is 0.243 e. The van der Waals surface area contributed by atoms with E-state index in [0.717, 1.165) is 31.7 Å². The molecule has 1 aromatic carbocycles. The molecule has 3 nitrogen and oxygen atoms in total. The lowest BCUT2D eigenvalue weighted by Crippen LogP contribution is -2.40. The molecule has 19 heavy (non-hydrogen) atoms. The molecule has 0 heterocycles. The molecule has 0 spiro atoms. The Kier molecular flexibility index (Phi) is 4.81. The monoisotopic (exact) mass is 305 g/mol. The van der Waals surface area contributed by atoms with Crippen molar-refractivity contribution in [1.82, 2.24) is 4.31 Å². The Hall–Kier alpha value is -0.650. The number of nitrogens with zero attached hydrogens (tertiary/aromatic N) is 1. The van der Waals surface area contributed by atoms with Crippen molar-refractivity contribution in [2.24, 2.45) is 0 Å². The van der Waals surface area contributed by atoms with Gasteiger partial charge in [-0.05, 0) is 31.0 Å². The van der Waals surface area contributed by atoms with Crippen molar-refractivity contribution in [1.29, 1.82) is 0 Å². The zero-order valence-electron chi connectivity index (χ0n) is 10.6. The summed E-state index contributed by atoms with van der Waals surface area (Å²) >= 11 is 5.72. The molecule has 6 heteroatoms. The number of rotatable bonds is 5. The SMILES string of the molecule is O=S(=O)(c1cccc(F)c1)N(CCCl)C1CCCC1. The fourth-order valence-corrected chi connectivity index (χ4v) is 4.54. The second-order valence-electron chi connectivity index (χ2n) is 4.70. The zero-order chi connectivity index (χ0) is 13.9. The first kappa shape index (κ1) is 14.8. The fourth-order valence-electron chi connectivity index (χ4n) is 2.54. The first-order chi connectivity index (χ1) is 9.05. The van der Waals surface area contributed by atoms with Gasteiger partial charge in [-0.2, -0.15) is 4.31 Å². The molecule has 0 aromatic heterocycles. The smallest absolute Gasteiger partial charge is 0.207 e. The lowest BCUT2D eigenvalue weighted by molar-refractivity contribution is 0.336. The lowest BCUT2D eigenvalue weighted by Gasteiger charge is -2.27. The number of sulfonamides is 1. The van der Waals surface area contributed by atoms with Gasteiger partial charge in [0.2, 0.25) is 10.0 Å². The molecule has 1 aromatic rings. The summed E-state index contributed by atoms with van der Waals surface area (Å²) in [6.45, 7) is 0.269. The summed E-state index contributed by atoms with van der Waals surface area (Å²) in [6.07, 6.45) is 3.76. The van der Waals surface area contributed by atoms with Gasteiger partial charge in [0.1, 0.15) is 5.82 Å². The second kappa shape index (κ2) is 6.20. The third-order valence-corrected chi connectivity index (χ3v) is 5.56. The molecule has 0 atom stereocenters. The molecule has 0 bridgehead atoms. The molecule has 0 amide bonds. The van der Waals surface area contributed by atoms with Crippen LogP contribution >= 0.6 is 11.6 Å². The third-order valence-electron chi connectivity index (χ3n) is 3.44. The van der Waals surface area contributed by atoms with E-state index in [1.165, 1.54) is 22.5 Å². The van der Waals surface area contributed by atoms with Crippen molar-refractivity contribution in [3.63, 3.8) is 0 Å². The maximum atomic E-state index is 13.2. The van der Waals surface area contributed by atoms with Gasteiger partial charge in [0.05, 0.1) is 4.90 Å². The van der Waals surface area contributed by atoms with Gasteiger partial charge in [0.25, 0.3) is 0 Å². The first-order valence-electron chi connectivity index (χ1n) is 6.39. The summed E-state index contributed by atoms with van der Waals surface area (Å²) in [6, 6.07) is 5.13. The standard InChI is InChI=1S/C13H17ClFNO2S/c14-8-9-16(12-5-1-2-6-12)19(17,18)13-7-3-4-11(15)10-13/h3-4,7,10,12H,1-2,5-6,8-9H2. The molecule has 0 radical (unpaired) electrons. The molecule has 1 saturated carbocycles. The van der Waals surface area contributed by atoms with E-state index in [-0.39, 0.29) is 23.4 Å². The number of hydrogen-bond donors (Lipinski definition) is 0. The van der Waals surface area contributed by atoms with Crippen LogP contribution in [0.5, 0.6) is 0 Å². The highest BCUT2D eigenvalue weighted by Gasteiger charge is 2.32. The van der Waals surface area contributed by atoms with Gasteiger partial charge in [-0.3, -0.25) is 0 Å². The Morgan fingerprint density at radius 1 is 1.32 bits per heavy atom. The summed E-state index contributed by atoms with van der Waals surface area (Å²) < 4.78 is 39.8. The van der Waals surface area contributed by atoms with Gasteiger partial charge >= 0.3 is 0 Å². The van der Waals surface area contributed by atoms with Crippen LogP contribution in [-0.4, -0.2) is 31.2 Å². The van der Waals surface area contributed by atoms with Gasteiger partial charge in [-0.1, -0.05) is 18.9 Å². The van der Waals surface area contributed by atoms with Crippen LogP contribution in [0.4, 0.5) is 4.39 Å². The predicted molar refractivity (Wildman–Crippen MR) is 73.3 cm³/mol. The normalized spacial score (nSPS) is 17.2. The van der Waals surface area contributed by atoms with Crippen molar-refractivity contribution in [3.05, 3.63) is 30.1 Å². The molecule has 1 aliphatic rings. The summed E-state index contributed by atoms with van der Waals surface area (Å²) in [5.41, 5.74) is 0. The molecule has 0 saturated heterocycles. The summed E-state index contributed by atoms with van der Waals surface area (Å²) in [5.74, 6) is -0.302. The van der Waals surface area contributed by atoms with E-state index < -0.39 is 15.8 Å². The molecule has 1 fully saturated rings. The van der Waals surface area contributed by atoms with Crippen LogP contribution in [0.2, 0.25) is 0 Å². The summed E-state index contributed by atoms with van der Waals surface area (Å²) in [5, 5.41) is 0. The molecule has 0 N–H and O–H groups in total. The van der Waals surface area contributed by atoms with E-state index in [0.29, 0.717) is 0 Å². The van der Waals surface area contributed by atoms with Gasteiger partial charge in [-0.25, -0.2) is 12.8 Å². The maximum absolute atomic E-state index is 13.2. The number of alkyl halides is 1. The van der Waals surface area contributed by atoms with Crippen molar-refractivity contribution < 1.29 is 12.8 Å². The Morgan fingerprint density at radius 2 is 2.00 bits per heavy atom. The third kappa shape index (κ3) is 3.27. The van der Waals surface area contributed by atoms with Crippen LogP contribution in [0.1, 0.15) is 25.7 Å². The van der Waals surface area contributed by atoms with E-state index in [9.17, 15) is 12.8 Å². The highest BCUT2D eigenvalue weighted by molar-refractivity contribution is 7.89. The van der Waals surface area contributed by atoms with Crippen molar-refractivity contribution in [2.45, 2.75) is 36.6 Å². The van der Waals surface area contributed by atoms with Gasteiger partial charge < -0.3 is 0 Å². The Balaban J connectivity index is 2.33. The molecule has 0 aliphatic heterocycles. The van der Waals surface area contributed by atoms with Crippen molar-refractivity contribution >= 4 is 21.6 Å². The first-order valence-corrected chi connectivity index (χ1v) is 8.36. The van der Waals surface area contributed by atoms with Crippen LogP contribution in [-0.2, 0) is 10.0 Å². The second-order valence-corrected chi connectivity index (χ2v) is 6.97. The molecule has 1 aliphatic carbocycles. The van der Waals surface area contributed by atoms with Crippen LogP contribution in [0, 0.1) is 5.82 Å². The van der Waals surface area contributed by atoms with Gasteiger partial charge in [-0.15, -0.1) is 11.6 Å². The summed E-state index contributed by atoms with van der Waals surface area (Å²) in [7, 11) is -3.66. The van der Waals surface area contributed by atoms with Crippen molar-refractivity contribution in [2.75, 3.05) is 12.4 Å². The van der Waals surface area contributed by atoms with Crippen LogP contribution in [0.3, 0.4) is 0 Å². The predicted octanol–water partition coefficient (Wildman–Crippen LogP) is 3.00. The number of halogens is 2. The quantitative estimate of drug-likeness (QED) is 0.784. The van der Waals surface area contributed by atoms with E-state index in [4.69, 9.17) is 11.6 Å². The van der Waals surface area contributed by atoms with Crippen LogP contribution in [0.25, 0.3) is 0 Å². The highest BCUT2D eigenvalue weighted by Crippen LogP contribution is 2.28. The van der Waals surface area contributed by atoms with Gasteiger partial charge in [0, 0.05) is 18.5 Å². The van der Waals surface area contributed by atoms with E-state index in [1.54, 1.807) is 0 Å². The van der Waals surface area contributed by atoms with Gasteiger partial charge in [0.15, 0.2) is 0 Å². The Morgan fingerprint density at radius 3 is 2.58 bits per heavy atom. The van der Waals surface area contributed by atoms with Crippen molar-refractivity contribution in [3.8, 4) is 0 Å². The minimum Gasteiger partial charge on any atom is -0.207 e. The highest BCUT2D eigenvalue weighted by atomic mass is 35.5. The lowest BCUT2D eigenvalue weighted by atomic mass is 10.2. The summed E-state index contributed by atoms with van der Waals surface area (Å²) in [4.78, 5) is 0.00418. The molecule has 2 rings (SSSR count). The van der Waals surface area contributed by atoms with E-state index in [2.05, 4.69) is 0 Å². The average Bonchev–Trinajstić information content (AvgIpc) is 2.89. The average molecular weight is 306 g/mol. The largest absolute Gasteiger partial charge is 0.243 e. The molecular weight excluding hydrogens is 289 g/mol.